The molecule has 0 saturated heterocycles. The van der Waals surface area contributed by atoms with Crippen molar-refractivity contribution < 1.29 is 0 Å². The van der Waals surface area contributed by atoms with Gasteiger partial charge in [0.2, 0.25) is 0 Å². The monoisotopic (exact) mass is 283 g/mol. The van der Waals surface area contributed by atoms with Crippen LogP contribution in [-0.4, -0.2) is 38.6 Å². The van der Waals surface area contributed by atoms with Crippen LogP contribution < -0.4 is 11.1 Å². The smallest absolute Gasteiger partial charge is 0.0444 e. The molecule has 0 aliphatic rings. The van der Waals surface area contributed by atoms with Crippen LogP contribution in [0.2, 0.25) is 0 Å². The first-order chi connectivity index (χ1) is 10.2. The van der Waals surface area contributed by atoms with Crippen molar-refractivity contribution in [2.75, 3.05) is 33.7 Å². The van der Waals surface area contributed by atoms with Gasteiger partial charge < -0.3 is 16.0 Å². The molecule has 2 aromatic carbocycles. The van der Waals surface area contributed by atoms with E-state index < -0.39 is 0 Å². The zero-order chi connectivity index (χ0) is 15.1. The maximum Gasteiger partial charge on any atom is 0.0444 e. The fraction of sp³-hybridized carbons (Fsp3) is 0.333. The van der Waals surface area contributed by atoms with Gasteiger partial charge in [-0.05, 0) is 30.8 Å². The van der Waals surface area contributed by atoms with Crippen molar-refractivity contribution in [3.8, 4) is 11.1 Å². The predicted molar refractivity (Wildman–Crippen MR) is 90.2 cm³/mol. The fourth-order valence-electron chi connectivity index (χ4n) is 2.34. The molecule has 21 heavy (non-hydrogen) atoms. The number of rotatable bonds is 7. The van der Waals surface area contributed by atoms with Crippen LogP contribution in [-0.2, 0) is 0 Å². The molecule has 0 spiro atoms. The summed E-state index contributed by atoms with van der Waals surface area (Å²) in [7, 11) is 4.15. The van der Waals surface area contributed by atoms with Crippen molar-refractivity contribution >= 4 is 0 Å². The second-order valence-corrected chi connectivity index (χ2v) is 5.53. The van der Waals surface area contributed by atoms with E-state index in [0.29, 0.717) is 6.54 Å². The zero-order valence-electron chi connectivity index (χ0n) is 12.9. The molecule has 0 radical (unpaired) electrons. The van der Waals surface area contributed by atoms with Gasteiger partial charge in [0.15, 0.2) is 0 Å². The molecule has 0 amide bonds. The Balaban J connectivity index is 2.03. The van der Waals surface area contributed by atoms with Crippen molar-refractivity contribution in [3.63, 3.8) is 0 Å². The van der Waals surface area contributed by atoms with E-state index in [9.17, 15) is 0 Å². The highest BCUT2D eigenvalue weighted by Crippen LogP contribution is 2.21. The zero-order valence-corrected chi connectivity index (χ0v) is 12.9. The van der Waals surface area contributed by atoms with Crippen molar-refractivity contribution in [2.24, 2.45) is 5.73 Å². The number of nitrogens with two attached hydrogens (primary N) is 1. The molecule has 0 fully saturated rings. The van der Waals surface area contributed by atoms with Crippen LogP contribution in [0.4, 0.5) is 0 Å². The average Bonchev–Trinajstić information content (AvgIpc) is 2.52. The minimum atomic E-state index is 0.217. The molecule has 0 aromatic heterocycles. The summed E-state index contributed by atoms with van der Waals surface area (Å²) in [5, 5.41) is 3.51. The van der Waals surface area contributed by atoms with Gasteiger partial charge in [-0.25, -0.2) is 0 Å². The molecule has 3 heteroatoms. The molecule has 3 N–H and O–H groups in total. The first-order valence-electron chi connectivity index (χ1n) is 7.44. The predicted octanol–water partition coefficient (Wildman–Crippen LogP) is 2.50. The topological polar surface area (TPSA) is 41.3 Å². The summed E-state index contributed by atoms with van der Waals surface area (Å²) in [5.74, 6) is 0. The van der Waals surface area contributed by atoms with E-state index in [-0.39, 0.29) is 6.04 Å². The largest absolute Gasteiger partial charge is 0.329 e. The number of nitrogens with zero attached hydrogens (tertiary/aromatic N) is 1. The van der Waals surface area contributed by atoms with Crippen molar-refractivity contribution in [1.82, 2.24) is 10.2 Å². The second-order valence-electron chi connectivity index (χ2n) is 5.53. The van der Waals surface area contributed by atoms with E-state index in [1.807, 2.05) is 6.07 Å². The molecule has 2 aromatic rings. The summed E-state index contributed by atoms with van der Waals surface area (Å²) in [6.45, 7) is 2.56. The molecule has 3 nitrogen and oxygen atoms in total. The van der Waals surface area contributed by atoms with E-state index in [4.69, 9.17) is 5.73 Å². The lowest BCUT2D eigenvalue weighted by atomic mass is 10.0. The molecular formula is C18H25N3. The van der Waals surface area contributed by atoms with Gasteiger partial charge in [0.1, 0.15) is 0 Å². The third-order valence-electron chi connectivity index (χ3n) is 3.61. The lowest BCUT2D eigenvalue weighted by Gasteiger charge is -2.19. The Morgan fingerprint density at radius 2 is 1.57 bits per heavy atom. The number of hydrogen-bond acceptors (Lipinski definition) is 3. The van der Waals surface area contributed by atoms with Crippen LogP contribution in [0.25, 0.3) is 11.1 Å². The maximum atomic E-state index is 5.89. The highest BCUT2D eigenvalue weighted by Gasteiger charge is 2.09. The Morgan fingerprint density at radius 3 is 2.14 bits per heavy atom. The van der Waals surface area contributed by atoms with Crippen LogP contribution in [0.5, 0.6) is 0 Å². The van der Waals surface area contributed by atoms with Crippen LogP contribution in [0.3, 0.4) is 0 Å². The average molecular weight is 283 g/mol. The van der Waals surface area contributed by atoms with Crippen molar-refractivity contribution in [2.45, 2.75) is 6.04 Å². The highest BCUT2D eigenvalue weighted by atomic mass is 15.1. The molecular weight excluding hydrogens is 258 g/mol. The standard InChI is InChI=1S/C18H25N3/c1-21(2)13-12-20-18(14-19)17-10-8-16(9-11-17)15-6-4-3-5-7-15/h3-11,18,20H,12-14,19H2,1-2H3. The number of likely N-dealkylation sites (N-methyl/N-ethyl adjacent to an activating group) is 1. The molecule has 0 bridgehead atoms. The van der Waals surface area contributed by atoms with E-state index in [1.165, 1.54) is 16.7 Å². The Morgan fingerprint density at radius 1 is 0.952 bits per heavy atom. The van der Waals surface area contributed by atoms with Crippen molar-refractivity contribution in [1.29, 1.82) is 0 Å². The lowest BCUT2D eigenvalue weighted by Crippen LogP contribution is -2.33. The second kappa shape index (κ2) is 7.93. The van der Waals surface area contributed by atoms with E-state index >= 15 is 0 Å². The van der Waals surface area contributed by atoms with Gasteiger partial charge in [-0.15, -0.1) is 0 Å². The van der Waals surface area contributed by atoms with E-state index in [2.05, 4.69) is 72.8 Å². The number of hydrogen-bond donors (Lipinski definition) is 2. The first kappa shape index (κ1) is 15.7. The first-order valence-corrected chi connectivity index (χ1v) is 7.44. The van der Waals surface area contributed by atoms with Gasteiger partial charge in [-0.1, -0.05) is 54.6 Å². The molecule has 2 rings (SSSR count). The molecule has 0 heterocycles. The Bertz CT molecular complexity index is 520. The third-order valence-corrected chi connectivity index (χ3v) is 3.61. The molecule has 1 unspecified atom stereocenters. The summed E-state index contributed by atoms with van der Waals surface area (Å²) < 4.78 is 0. The molecule has 0 aliphatic carbocycles. The Kier molecular flexibility index (Phi) is 5.93. The summed E-state index contributed by atoms with van der Waals surface area (Å²) in [4.78, 5) is 2.17. The molecule has 112 valence electrons. The SMILES string of the molecule is CN(C)CCNC(CN)c1ccc(-c2ccccc2)cc1. The maximum absolute atomic E-state index is 5.89. The van der Waals surface area contributed by atoms with Crippen LogP contribution >= 0.6 is 0 Å². The Hall–Kier alpha value is -1.68. The minimum Gasteiger partial charge on any atom is -0.329 e. The van der Waals surface area contributed by atoms with E-state index in [0.717, 1.165) is 13.1 Å². The molecule has 1 atom stereocenters. The quantitative estimate of drug-likeness (QED) is 0.820. The van der Waals surface area contributed by atoms with Gasteiger partial charge in [-0.2, -0.15) is 0 Å². The normalized spacial score (nSPS) is 12.6. The Labute approximate surface area is 127 Å². The lowest BCUT2D eigenvalue weighted by molar-refractivity contribution is 0.385. The van der Waals surface area contributed by atoms with Crippen LogP contribution in [0, 0.1) is 0 Å². The molecule has 0 saturated carbocycles. The van der Waals surface area contributed by atoms with Gasteiger partial charge >= 0.3 is 0 Å². The van der Waals surface area contributed by atoms with Gasteiger partial charge in [0.25, 0.3) is 0 Å². The third kappa shape index (κ3) is 4.67. The number of benzene rings is 2. The van der Waals surface area contributed by atoms with Crippen LogP contribution in [0.1, 0.15) is 11.6 Å². The molecule has 0 aliphatic heterocycles. The fourth-order valence-corrected chi connectivity index (χ4v) is 2.34. The number of nitrogens with one attached hydrogen (secondary N) is 1. The van der Waals surface area contributed by atoms with Crippen LogP contribution in [0.15, 0.2) is 54.6 Å². The summed E-state index contributed by atoms with van der Waals surface area (Å²) in [5.41, 5.74) is 9.62. The van der Waals surface area contributed by atoms with Crippen molar-refractivity contribution in [3.05, 3.63) is 60.2 Å². The minimum absolute atomic E-state index is 0.217. The summed E-state index contributed by atoms with van der Waals surface area (Å²) in [6.07, 6.45) is 0. The highest BCUT2D eigenvalue weighted by molar-refractivity contribution is 5.63. The van der Waals surface area contributed by atoms with Gasteiger partial charge in [0.05, 0.1) is 0 Å². The summed E-state index contributed by atoms with van der Waals surface area (Å²) >= 11 is 0. The van der Waals surface area contributed by atoms with Gasteiger partial charge in [-0.3, -0.25) is 0 Å². The van der Waals surface area contributed by atoms with Gasteiger partial charge in [0, 0.05) is 25.7 Å². The summed E-state index contributed by atoms with van der Waals surface area (Å²) in [6, 6.07) is 19.3. The van der Waals surface area contributed by atoms with E-state index in [1.54, 1.807) is 0 Å².